The maximum absolute atomic E-state index is 12.0. The van der Waals surface area contributed by atoms with Crippen molar-refractivity contribution in [2.75, 3.05) is 26.2 Å². The largest absolute Gasteiger partial charge is 0.334 e. The summed E-state index contributed by atoms with van der Waals surface area (Å²) >= 11 is 0. The first-order valence-corrected chi connectivity index (χ1v) is 6.77. The molecule has 104 valence electrons. The third-order valence-electron chi connectivity index (χ3n) is 3.73. The van der Waals surface area contributed by atoms with E-state index in [1.54, 1.807) is 11.0 Å². The van der Waals surface area contributed by atoms with Gasteiger partial charge >= 0.3 is 0 Å². The molecule has 0 spiro atoms. The van der Waals surface area contributed by atoms with E-state index in [9.17, 15) is 9.59 Å². The minimum Gasteiger partial charge on any atom is -0.334 e. The van der Waals surface area contributed by atoms with Crippen LogP contribution in [0.5, 0.6) is 0 Å². The fourth-order valence-electron chi connectivity index (χ4n) is 2.58. The summed E-state index contributed by atoms with van der Waals surface area (Å²) in [4.78, 5) is 33.1. The summed E-state index contributed by atoms with van der Waals surface area (Å²) < 4.78 is 0. The predicted molar refractivity (Wildman–Crippen MR) is 74.4 cm³/mol. The van der Waals surface area contributed by atoms with Crippen LogP contribution in [0.4, 0.5) is 0 Å². The van der Waals surface area contributed by atoms with Crippen molar-refractivity contribution in [1.82, 2.24) is 14.9 Å². The average Bonchev–Trinajstić information content (AvgIpc) is 2.48. The first-order valence-electron chi connectivity index (χ1n) is 6.77. The van der Waals surface area contributed by atoms with Crippen LogP contribution in [0.1, 0.15) is 5.82 Å². The van der Waals surface area contributed by atoms with Crippen molar-refractivity contribution < 1.29 is 9.69 Å². The molecule has 0 unspecified atom stereocenters. The van der Waals surface area contributed by atoms with E-state index < -0.39 is 0 Å². The molecule has 0 aliphatic carbocycles. The maximum Gasteiger partial charge on any atom is 0.258 e. The second-order valence-electron chi connectivity index (χ2n) is 5.10. The number of quaternary nitrogens is 1. The van der Waals surface area contributed by atoms with Gasteiger partial charge in [0.1, 0.15) is 6.54 Å². The second-order valence-corrected chi connectivity index (χ2v) is 5.10. The summed E-state index contributed by atoms with van der Waals surface area (Å²) in [6.07, 6.45) is 0.896. The Bertz CT molecular complexity index is 674. The van der Waals surface area contributed by atoms with Gasteiger partial charge < -0.3 is 14.8 Å². The molecule has 1 aliphatic heterocycles. The Morgan fingerprint density at radius 1 is 1.30 bits per heavy atom. The van der Waals surface area contributed by atoms with E-state index in [1.165, 1.54) is 4.90 Å². The molecule has 1 saturated heterocycles. The van der Waals surface area contributed by atoms with Crippen molar-refractivity contribution >= 4 is 17.3 Å². The number of hydrogen-bond acceptors (Lipinski definition) is 3. The van der Waals surface area contributed by atoms with E-state index in [1.807, 2.05) is 18.2 Å². The lowest BCUT2D eigenvalue weighted by molar-refractivity contribution is -0.918. The topological polar surface area (TPSA) is 70.5 Å². The van der Waals surface area contributed by atoms with Crippen molar-refractivity contribution in [2.45, 2.75) is 6.54 Å². The molecule has 6 nitrogen and oxygen atoms in total. The van der Waals surface area contributed by atoms with Gasteiger partial charge in [-0.1, -0.05) is 12.1 Å². The van der Waals surface area contributed by atoms with Gasteiger partial charge in [-0.25, -0.2) is 4.98 Å². The van der Waals surface area contributed by atoms with E-state index in [2.05, 4.69) is 9.97 Å². The molecule has 0 atom stereocenters. The molecule has 0 saturated carbocycles. The lowest BCUT2D eigenvalue weighted by atomic mass is 10.2. The Kier molecular flexibility index (Phi) is 3.47. The molecule has 1 fully saturated rings. The summed E-state index contributed by atoms with van der Waals surface area (Å²) in [5.41, 5.74) is 0.647. The molecular formula is C14H17N4O2+. The van der Waals surface area contributed by atoms with Gasteiger partial charge in [-0.15, -0.1) is 0 Å². The van der Waals surface area contributed by atoms with Crippen molar-refractivity contribution in [3.05, 3.63) is 40.4 Å². The van der Waals surface area contributed by atoms with Crippen LogP contribution in [0, 0.1) is 0 Å². The number of aromatic amines is 1. The number of H-pyrrole nitrogens is 1. The van der Waals surface area contributed by atoms with Crippen LogP contribution < -0.4 is 10.5 Å². The molecule has 2 N–H and O–H groups in total. The first kappa shape index (κ1) is 12.8. The van der Waals surface area contributed by atoms with Gasteiger partial charge in [0.15, 0.2) is 5.82 Å². The van der Waals surface area contributed by atoms with Crippen LogP contribution in [-0.2, 0) is 11.3 Å². The van der Waals surface area contributed by atoms with Crippen molar-refractivity contribution in [1.29, 1.82) is 0 Å². The SMILES string of the molecule is O=CN1CC[NH+](Cc2nc3ccccc3c(=O)[nH]2)CC1. The Morgan fingerprint density at radius 3 is 2.80 bits per heavy atom. The Balaban J connectivity index is 1.78. The lowest BCUT2D eigenvalue weighted by Crippen LogP contribution is -3.13. The zero-order valence-corrected chi connectivity index (χ0v) is 11.1. The molecule has 20 heavy (non-hydrogen) atoms. The maximum atomic E-state index is 12.0. The van der Waals surface area contributed by atoms with Gasteiger partial charge in [-0.05, 0) is 12.1 Å². The van der Waals surface area contributed by atoms with Crippen LogP contribution in [0.2, 0.25) is 0 Å². The van der Waals surface area contributed by atoms with Crippen LogP contribution in [0.15, 0.2) is 29.1 Å². The van der Waals surface area contributed by atoms with E-state index in [4.69, 9.17) is 0 Å². The highest BCUT2D eigenvalue weighted by Gasteiger charge is 2.19. The van der Waals surface area contributed by atoms with E-state index in [-0.39, 0.29) is 5.56 Å². The van der Waals surface area contributed by atoms with Crippen LogP contribution >= 0.6 is 0 Å². The Hall–Kier alpha value is -2.21. The van der Waals surface area contributed by atoms with Crippen LogP contribution in [-0.4, -0.2) is 47.5 Å². The summed E-state index contributed by atoms with van der Waals surface area (Å²) in [5, 5.41) is 0.622. The van der Waals surface area contributed by atoms with Crippen LogP contribution in [0.3, 0.4) is 0 Å². The number of nitrogens with zero attached hydrogens (tertiary/aromatic N) is 2. The van der Waals surface area contributed by atoms with E-state index in [0.29, 0.717) is 17.8 Å². The van der Waals surface area contributed by atoms with E-state index >= 15 is 0 Å². The number of aromatic nitrogens is 2. The number of nitrogens with one attached hydrogen (secondary N) is 2. The zero-order chi connectivity index (χ0) is 13.9. The summed E-state index contributed by atoms with van der Waals surface area (Å²) in [5.74, 6) is 0.711. The highest BCUT2D eigenvalue weighted by molar-refractivity contribution is 5.77. The predicted octanol–water partition coefficient (Wildman–Crippen LogP) is -1.22. The molecule has 1 aromatic heterocycles. The lowest BCUT2D eigenvalue weighted by Gasteiger charge is -2.29. The molecule has 6 heteroatoms. The van der Waals surface area contributed by atoms with Crippen molar-refractivity contribution in [2.24, 2.45) is 0 Å². The monoisotopic (exact) mass is 273 g/mol. The van der Waals surface area contributed by atoms with Gasteiger partial charge in [0.25, 0.3) is 5.56 Å². The number of fused-ring (bicyclic) bond motifs is 1. The highest BCUT2D eigenvalue weighted by atomic mass is 16.1. The number of benzene rings is 1. The van der Waals surface area contributed by atoms with Crippen LogP contribution in [0.25, 0.3) is 10.9 Å². The fraction of sp³-hybridized carbons (Fsp3) is 0.357. The molecule has 0 radical (unpaired) electrons. The normalized spacial score (nSPS) is 16.5. The number of hydrogen-bond donors (Lipinski definition) is 2. The summed E-state index contributed by atoms with van der Waals surface area (Å²) in [6.45, 7) is 3.98. The van der Waals surface area contributed by atoms with Gasteiger partial charge in [-0.2, -0.15) is 0 Å². The highest BCUT2D eigenvalue weighted by Crippen LogP contribution is 2.04. The molecule has 2 aromatic rings. The van der Waals surface area contributed by atoms with Gasteiger partial charge in [0.2, 0.25) is 6.41 Å². The second kappa shape index (κ2) is 5.42. The number of carbonyl (C=O) groups is 1. The summed E-state index contributed by atoms with van der Waals surface area (Å²) in [7, 11) is 0. The number of carbonyl (C=O) groups excluding carboxylic acids is 1. The third kappa shape index (κ3) is 2.55. The fourth-order valence-corrected chi connectivity index (χ4v) is 2.58. The zero-order valence-electron chi connectivity index (χ0n) is 11.1. The Labute approximate surface area is 116 Å². The van der Waals surface area contributed by atoms with Crippen molar-refractivity contribution in [3.63, 3.8) is 0 Å². The van der Waals surface area contributed by atoms with Gasteiger partial charge in [0, 0.05) is 0 Å². The quantitative estimate of drug-likeness (QED) is 0.689. The first-order chi connectivity index (χ1) is 9.76. The van der Waals surface area contributed by atoms with E-state index in [0.717, 1.165) is 38.1 Å². The average molecular weight is 273 g/mol. The molecule has 3 rings (SSSR count). The number of para-hydroxylation sites is 1. The molecule has 0 bridgehead atoms. The van der Waals surface area contributed by atoms with Gasteiger partial charge in [-0.3, -0.25) is 9.59 Å². The minimum atomic E-state index is -0.0865. The Morgan fingerprint density at radius 2 is 2.05 bits per heavy atom. The molecule has 1 aromatic carbocycles. The molecular weight excluding hydrogens is 256 g/mol. The molecule has 2 heterocycles. The number of rotatable bonds is 3. The summed E-state index contributed by atoms with van der Waals surface area (Å²) in [6, 6.07) is 7.35. The van der Waals surface area contributed by atoms with Crippen molar-refractivity contribution in [3.8, 4) is 0 Å². The smallest absolute Gasteiger partial charge is 0.258 e. The third-order valence-corrected chi connectivity index (χ3v) is 3.73. The molecule has 1 amide bonds. The number of amides is 1. The number of piperazine rings is 1. The standard InChI is InChI=1S/C14H16N4O2/c19-10-18-7-5-17(6-8-18)9-13-15-12-4-2-1-3-11(12)14(20)16-13/h1-4,10H,5-9H2,(H,15,16,20)/p+1. The van der Waals surface area contributed by atoms with Gasteiger partial charge in [0.05, 0.1) is 37.1 Å². The minimum absolute atomic E-state index is 0.0865. The molecule has 1 aliphatic rings.